The lowest BCUT2D eigenvalue weighted by molar-refractivity contribution is -0.202. The van der Waals surface area contributed by atoms with E-state index >= 15 is 0 Å². The van der Waals surface area contributed by atoms with Gasteiger partial charge in [-0.15, -0.1) is 5.10 Å². The fraction of sp³-hybridized carbons (Fsp3) is 0.381. The number of hydrogen-bond donors (Lipinski definition) is 2. The van der Waals surface area contributed by atoms with E-state index in [0.29, 0.717) is 25.6 Å². The van der Waals surface area contributed by atoms with Crippen LogP contribution in [0.25, 0.3) is 10.8 Å². The highest BCUT2D eigenvalue weighted by Crippen LogP contribution is 2.26. The van der Waals surface area contributed by atoms with E-state index in [2.05, 4.69) is 34.3 Å². The molecule has 146 valence electrons. The van der Waals surface area contributed by atoms with Gasteiger partial charge in [0.2, 0.25) is 5.88 Å². The molecule has 0 bridgehead atoms. The smallest absolute Gasteiger partial charge is 0.210 e. The molecule has 1 fully saturated rings. The number of pyridine rings is 1. The summed E-state index contributed by atoms with van der Waals surface area (Å²) in [5, 5.41) is 23.7. The number of rotatable bonds is 5. The van der Waals surface area contributed by atoms with Crippen molar-refractivity contribution in [3.63, 3.8) is 0 Å². The zero-order valence-corrected chi connectivity index (χ0v) is 16.0. The van der Waals surface area contributed by atoms with Crippen molar-refractivity contribution in [2.45, 2.75) is 32.6 Å². The number of aromatic nitrogens is 3. The molecule has 1 aliphatic heterocycles. The average Bonchev–Trinajstić information content (AvgIpc) is 2.72. The highest BCUT2D eigenvalue weighted by molar-refractivity contribution is 5.93. The molecule has 7 heteroatoms. The average molecular weight is 380 g/mol. The first-order chi connectivity index (χ1) is 13.6. The van der Waals surface area contributed by atoms with Crippen LogP contribution in [-0.2, 0) is 15.9 Å². The minimum Gasteiger partial charge on any atom is -0.493 e. The molecule has 0 unspecified atom stereocenters. The van der Waals surface area contributed by atoms with E-state index in [1.165, 1.54) is 0 Å². The summed E-state index contributed by atoms with van der Waals surface area (Å²) in [7, 11) is 0. The first-order valence-corrected chi connectivity index (χ1v) is 9.48. The number of nitrogens with zero attached hydrogens (tertiary/aromatic N) is 3. The van der Waals surface area contributed by atoms with Gasteiger partial charge in [0.1, 0.15) is 0 Å². The summed E-state index contributed by atoms with van der Waals surface area (Å²) in [6.45, 7) is 5.30. The van der Waals surface area contributed by atoms with Gasteiger partial charge in [-0.3, -0.25) is 0 Å². The minimum absolute atomic E-state index is 0.0101. The molecule has 4 rings (SSSR count). The Morgan fingerprint density at radius 3 is 2.50 bits per heavy atom. The SMILES string of the molecule is CC(C)[C@H]1OC[C@H](Nc2nnc(Cc3ccc(O)nc3)c3ccccc23)CO1. The number of anilines is 1. The van der Waals surface area contributed by atoms with Crippen LogP contribution in [0, 0.1) is 5.92 Å². The Hall–Kier alpha value is -2.77. The summed E-state index contributed by atoms with van der Waals surface area (Å²) in [5.74, 6) is 1.06. The summed E-state index contributed by atoms with van der Waals surface area (Å²) in [5.41, 5.74) is 1.83. The molecule has 0 atom stereocenters. The van der Waals surface area contributed by atoms with Gasteiger partial charge < -0.3 is 19.9 Å². The third-order valence-electron chi connectivity index (χ3n) is 4.75. The van der Waals surface area contributed by atoms with Crippen LogP contribution in [0.15, 0.2) is 42.6 Å². The zero-order valence-electron chi connectivity index (χ0n) is 16.0. The molecular weight excluding hydrogens is 356 g/mol. The van der Waals surface area contributed by atoms with Gasteiger partial charge in [0.05, 0.1) is 24.9 Å². The van der Waals surface area contributed by atoms with Crippen LogP contribution in [0.1, 0.15) is 25.1 Å². The van der Waals surface area contributed by atoms with Gasteiger partial charge in [0, 0.05) is 35.4 Å². The number of nitrogens with one attached hydrogen (secondary N) is 1. The first-order valence-electron chi connectivity index (χ1n) is 9.48. The zero-order chi connectivity index (χ0) is 19.5. The molecule has 0 radical (unpaired) electrons. The Balaban J connectivity index is 1.55. The number of ether oxygens (including phenoxy) is 2. The predicted molar refractivity (Wildman–Crippen MR) is 106 cm³/mol. The summed E-state index contributed by atoms with van der Waals surface area (Å²) in [4.78, 5) is 3.94. The second-order valence-corrected chi connectivity index (χ2v) is 7.36. The molecule has 0 saturated carbocycles. The van der Waals surface area contributed by atoms with Gasteiger partial charge in [-0.05, 0) is 5.56 Å². The van der Waals surface area contributed by atoms with E-state index in [9.17, 15) is 5.11 Å². The molecule has 0 spiro atoms. The van der Waals surface area contributed by atoms with E-state index in [-0.39, 0.29) is 18.2 Å². The number of aromatic hydroxyl groups is 1. The van der Waals surface area contributed by atoms with Crippen LogP contribution < -0.4 is 5.32 Å². The molecule has 3 heterocycles. The van der Waals surface area contributed by atoms with Crippen molar-refractivity contribution in [1.29, 1.82) is 0 Å². The van der Waals surface area contributed by atoms with Crippen molar-refractivity contribution in [1.82, 2.24) is 15.2 Å². The Bertz CT molecular complexity index is 938. The minimum atomic E-state index is -0.151. The molecule has 1 aliphatic rings. The van der Waals surface area contributed by atoms with Gasteiger partial charge in [-0.25, -0.2) is 4.98 Å². The van der Waals surface area contributed by atoms with Crippen molar-refractivity contribution in [3.05, 3.63) is 53.9 Å². The lowest BCUT2D eigenvalue weighted by atomic mass is 10.1. The molecule has 0 aliphatic carbocycles. The van der Waals surface area contributed by atoms with E-state index < -0.39 is 0 Å². The molecule has 1 aromatic carbocycles. The van der Waals surface area contributed by atoms with Crippen LogP contribution in [-0.4, -0.2) is 45.8 Å². The fourth-order valence-electron chi connectivity index (χ4n) is 3.29. The van der Waals surface area contributed by atoms with E-state index in [1.807, 2.05) is 30.3 Å². The maximum Gasteiger partial charge on any atom is 0.210 e. The standard InChI is InChI=1S/C21H24N4O3/c1-13(2)21-27-11-15(12-28-21)23-20-17-6-4-3-5-16(17)18(24-25-20)9-14-7-8-19(26)22-10-14/h3-8,10,13,15,21H,9,11-12H2,1-2H3,(H,22,26)(H,23,25)/t15-,21-. The lowest BCUT2D eigenvalue weighted by Gasteiger charge is -2.32. The van der Waals surface area contributed by atoms with Gasteiger partial charge >= 0.3 is 0 Å². The molecule has 2 aromatic heterocycles. The van der Waals surface area contributed by atoms with Gasteiger partial charge in [-0.2, -0.15) is 5.10 Å². The van der Waals surface area contributed by atoms with Crippen molar-refractivity contribution < 1.29 is 14.6 Å². The summed E-state index contributed by atoms with van der Waals surface area (Å²) >= 11 is 0. The van der Waals surface area contributed by atoms with Crippen molar-refractivity contribution in [3.8, 4) is 5.88 Å². The Morgan fingerprint density at radius 1 is 1.07 bits per heavy atom. The van der Waals surface area contributed by atoms with Crippen LogP contribution in [0.5, 0.6) is 5.88 Å². The highest BCUT2D eigenvalue weighted by atomic mass is 16.7. The maximum absolute atomic E-state index is 9.37. The van der Waals surface area contributed by atoms with Gasteiger partial charge in [0.25, 0.3) is 0 Å². The predicted octanol–water partition coefficient (Wildman–Crippen LogP) is 3.13. The largest absolute Gasteiger partial charge is 0.493 e. The van der Waals surface area contributed by atoms with Crippen molar-refractivity contribution in [2.75, 3.05) is 18.5 Å². The Kier molecular flexibility index (Phi) is 5.36. The second-order valence-electron chi connectivity index (χ2n) is 7.36. The maximum atomic E-state index is 9.37. The second kappa shape index (κ2) is 8.08. The molecule has 3 aromatic rings. The summed E-state index contributed by atoms with van der Waals surface area (Å²) in [6.07, 6.45) is 2.09. The van der Waals surface area contributed by atoms with Crippen LogP contribution >= 0.6 is 0 Å². The number of benzene rings is 1. The molecular formula is C21H24N4O3. The number of fused-ring (bicyclic) bond motifs is 1. The lowest BCUT2D eigenvalue weighted by Crippen LogP contribution is -2.42. The van der Waals surface area contributed by atoms with Crippen molar-refractivity contribution >= 4 is 16.6 Å². The Morgan fingerprint density at radius 2 is 1.82 bits per heavy atom. The van der Waals surface area contributed by atoms with Crippen LogP contribution in [0.2, 0.25) is 0 Å². The molecule has 7 nitrogen and oxygen atoms in total. The molecule has 2 N–H and O–H groups in total. The highest BCUT2D eigenvalue weighted by Gasteiger charge is 2.25. The summed E-state index contributed by atoms with van der Waals surface area (Å²) < 4.78 is 11.6. The topological polar surface area (TPSA) is 89.4 Å². The molecule has 0 amide bonds. The normalized spacial score (nSPS) is 19.8. The van der Waals surface area contributed by atoms with E-state index in [1.54, 1.807) is 12.3 Å². The van der Waals surface area contributed by atoms with Crippen LogP contribution in [0.3, 0.4) is 0 Å². The first kappa shape index (κ1) is 18.6. The molecule has 28 heavy (non-hydrogen) atoms. The third-order valence-corrected chi connectivity index (χ3v) is 4.75. The van der Waals surface area contributed by atoms with E-state index in [0.717, 1.165) is 27.8 Å². The summed E-state index contributed by atoms with van der Waals surface area (Å²) in [6, 6.07) is 11.5. The Labute approximate surface area is 163 Å². The van der Waals surface area contributed by atoms with Crippen LogP contribution in [0.4, 0.5) is 5.82 Å². The monoisotopic (exact) mass is 380 g/mol. The van der Waals surface area contributed by atoms with Gasteiger partial charge in [0.15, 0.2) is 12.1 Å². The third kappa shape index (κ3) is 4.05. The number of hydrogen-bond acceptors (Lipinski definition) is 7. The van der Waals surface area contributed by atoms with Crippen molar-refractivity contribution in [2.24, 2.45) is 5.92 Å². The quantitative estimate of drug-likeness (QED) is 0.703. The molecule has 1 saturated heterocycles. The van der Waals surface area contributed by atoms with Gasteiger partial charge in [-0.1, -0.05) is 44.2 Å². The fourth-order valence-corrected chi connectivity index (χ4v) is 3.29. The van der Waals surface area contributed by atoms with E-state index in [4.69, 9.17) is 9.47 Å².